The molecule has 3 N–H and O–H groups in total. The van der Waals surface area contributed by atoms with Crippen molar-refractivity contribution in [3.05, 3.63) is 35.4 Å². The van der Waals surface area contributed by atoms with Crippen molar-refractivity contribution in [1.82, 2.24) is 5.32 Å². The minimum Gasteiger partial charge on any atom is -0.480 e. The van der Waals surface area contributed by atoms with Gasteiger partial charge in [-0.05, 0) is 24.5 Å². The summed E-state index contributed by atoms with van der Waals surface area (Å²) in [5.41, 5.74) is 1.97. The van der Waals surface area contributed by atoms with Crippen molar-refractivity contribution < 1.29 is 27.7 Å². The van der Waals surface area contributed by atoms with E-state index in [9.17, 15) is 18.0 Å². The number of carboxylic acid groups (broad SMARTS) is 1. The van der Waals surface area contributed by atoms with Crippen molar-refractivity contribution in [3.8, 4) is 0 Å². The molecule has 1 amide bonds. The van der Waals surface area contributed by atoms with Gasteiger partial charge in [-0.1, -0.05) is 24.3 Å². The first-order valence-corrected chi connectivity index (χ1v) is 7.82. The summed E-state index contributed by atoms with van der Waals surface area (Å²) >= 11 is 0. The third-order valence-corrected chi connectivity index (χ3v) is 3.65. The van der Waals surface area contributed by atoms with E-state index >= 15 is 0 Å². The van der Waals surface area contributed by atoms with Crippen molar-refractivity contribution in [3.63, 3.8) is 0 Å². The van der Waals surface area contributed by atoms with E-state index in [4.69, 9.17) is 9.66 Å². The van der Waals surface area contributed by atoms with Crippen molar-refractivity contribution in [2.24, 2.45) is 0 Å². The van der Waals surface area contributed by atoms with Gasteiger partial charge in [-0.2, -0.15) is 8.42 Å². The number of hydrogen-bond donors (Lipinski definition) is 3. The van der Waals surface area contributed by atoms with Crippen LogP contribution in [0, 0.1) is 6.92 Å². The molecule has 0 spiro atoms. The Bertz CT molecular complexity index is 625. The normalized spacial score (nSPS) is 12.7. The van der Waals surface area contributed by atoms with E-state index in [0.29, 0.717) is 6.42 Å². The monoisotopic (exact) mass is 315 g/mol. The molecule has 1 atom stereocenters. The van der Waals surface area contributed by atoms with Crippen LogP contribution >= 0.6 is 0 Å². The molecule has 0 fully saturated rings. The van der Waals surface area contributed by atoms with Gasteiger partial charge in [0.15, 0.2) is 0 Å². The zero-order valence-electron chi connectivity index (χ0n) is 11.4. The number of carbonyl (C=O) groups is 2. The fourth-order valence-corrected chi connectivity index (χ4v) is 2.44. The lowest BCUT2D eigenvalue weighted by molar-refractivity contribution is -0.141. The first-order valence-electron chi connectivity index (χ1n) is 6.21. The van der Waals surface area contributed by atoms with Crippen LogP contribution < -0.4 is 5.32 Å². The summed E-state index contributed by atoms with van der Waals surface area (Å²) in [6.45, 7) is 1.89. The molecule has 8 heteroatoms. The summed E-state index contributed by atoms with van der Waals surface area (Å²) in [5, 5.41) is 10.9. The fraction of sp³-hybridized carbons (Fsp3) is 0.385. The minimum atomic E-state index is -4.48. The van der Waals surface area contributed by atoms with E-state index in [-0.39, 0.29) is 6.42 Å². The highest BCUT2D eigenvalue weighted by atomic mass is 32.2. The first-order chi connectivity index (χ1) is 9.69. The molecule has 0 bridgehead atoms. The molecule has 1 aromatic carbocycles. The molecule has 0 saturated heterocycles. The smallest absolute Gasteiger partial charge is 0.327 e. The van der Waals surface area contributed by atoms with Gasteiger partial charge >= 0.3 is 5.97 Å². The van der Waals surface area contributed by atoms with Crippen LogP contribution in [0.15, 0.2) is 24.3 Å². The lowest BCUT2D eigenvalue weighted by atomic mass is 10.0. The molecule has 0 unspecified atom stereocenters. The van der Waals surface area contributed by atoms with Gasteiger partial charge in [0.05, 0.1) is 0 Å². The Balaban J connectivity index is 2.59. The molecular formula is C13H17NO6S. The Morgan fingerprint density at radius 2 is 1.90 bits per heavy atom. The summed E-state index contributed by atoms with van der Waals surface area (Å²) in [4.78, 5) is 22.5. The molecule has 116 valence electrons. The summed E-state index contributed by atoms with van der Waals surface area (Å²) in [7, 11) is -4.48. The Morgan fingerprint density at radius 1 is 1.29 bits per heavy atom. The summed E-state index contributed by atoms with van der Waals surface area (Å²) in [6.07, 6.45) is 0.441. The Kier molecular flexibility index (Phi) is 5.86. The van der Waals surface area contributed by atoms with Gasteiger partial charge in [0.1, 0.15) is 11.8 Å². The number of carboxylic acids is 1. The molecule has 0 aromatic heterocycles. The quantitative estimate of drug-likeness (QED) is 0.626. The fourth-order valence-electron chi connectivity index (χ4n) is 1.79. The Labute approximate surface area is 122 Å². The molecule has 1 aromatic rings. The van der Waals surface area contributed by atoms with Gasteiger partial charge in [-0.25, -0.2) is 4.79 Å². The van der Waals surface area contributed by atoms with Gasteiger partial charge in [-0.3, -0.25) is 9.35 Å². The van der Waals surface area contributed by atoms with Crippen LogP contribution in [-0.4, -0.2) is 41.7 Å². The van der Waals surface area contributed by atoms with E-state index in [1.54, 1.807) is 0 Å². The molecule has 7 nitrogen and oxygen atoms in total. The van der Waals surface area contributed by atoms with Gasteiger partial charge < -0.3 is 10.4 Å². The number of aryl methyl sites for hydroxylation is 2. The maximum Gasteiger partial charge on any atom is 0.327 e. The third-order valence-electron chi connectivity index (χ3n) is 2.89. The Morgan fingerprint density at radius 3 is 2.43 bits per heavy atom. The number of hydrogen-bond acceptors (Lipinski definition) is 4. The number of benzene rings is 1. The molecule has 0 aliphatic heterocycles. The molecule has 21 heavy (non-hydrogen) atoms. The van der Waals surface area contributed by atoms with Gasteiger partial charge in [0, 0.05) is 6.42 Å². The second-order valence-electron chi connectivity index (χ2n) is 4.63. The molecule has 0 radical (unpaired) electrons. The topological polar surface area (TPSA) is 121 Å². The lowest BCUT2D eigenvalue weighted by Gasteiger charge is -2.13. The highest BCUT2D eigenvalue weighted by molar-refractivity contribution is 7.85. The van der Waals surface area contributed by atoms with E-state index in [1.807, 2.05) is 31.2 Å². The van der Waals surface area contributed by atoms with Crippen LogP contribution in [-0.2, 0) is 26.1 Å². The minimum absolute atomic E-state index is 0.0279. The van der Waals surface area contributed by atoms with E-state index in [2.05, 4.69) is 5.32 Å². The maximum atomic E-state index is 11.7. The lowest BCUT2D eigenvalue weighted by Crippen LogP contribution is -2.45. The van der Waals surface area contributed by atoms with Crippen molar-refractivity contribution in [2.45, 2.75) is 25.8 Å². The molecule has 0 saturated carbocycles. The van der Waals surface area contributed by atoms with Gasteiger partial charge in [-0.15, -0.1) is 0 Å². The maximum absolute atomic E-state index is 11.7. The van der Waals surface area contributed by atoms with Crippen molar-refractivity contribution >= 4 is 22.0 Å². The van der Waals surface area contributed by atoms with E-state index in [1.165, 1.54) is 0 Å². The zero-order valence-corrected chi connectivity index (χ0v) is 12.3. The number of aliphatic carboxylic acids is 1. The summed E-state index contributed by atoms with van der Waals surface area (Å²) in [5.74, 6) is -3.16. The SMILES string of the molecule is Cc1ccccc1CCC(=O)N[C@@H](CS(=O)(=O)O)C(=O)O. The second-order valence-corrected chi connectivity index (χ2v) is 6.13. The molecule has 0 aliphatic rings. The standard InChI is InChI=1S/C13H17NO6S/c1-9-4-2-3-5-10(9)6-7-12(15)14-11(13(16)17)8-21(18,19)20/h2-5,11H,6-8H2,1H3,(H,14,15)(H,16,17)(H,18,19,20)/t11-/m0/s1. The van der Waals surface area contributed by atoms with Crippen LogP contribution in [0.2, 0.25) is 0 Å². The highest BCUT2D eigenvalue weighted by Gasteiger charge is 2.25. The molecule has 1 rings (SSSR count). The van der Waals surface area contributed by atoms with Crippen LogP contribution in [0.3, 0.4) is 0 Å². The van der Waals surface area contributed by atoms with Crippen LogP contribution in [0.4, 0.5) is 0 Å². The molecular weight excluding hydrogens is 298 g/mol. The number of amides is 1. The largest absolute Gasteiger partial charge is 0.480 e. The average Bonchev–Trinajstić information content (AvgIpc) is 2.35. The van der Waals surface area contributed by atoms with Gasteiger partial charge in [0.2, 0.25) is 5.91 Å². The predicted octanol–water partition coefficient (Wildman–Crippen LogP) is 0.385. The summed E-state index contributed by atoms with van der Waals surface area (Å²) in [6, 6.07) is 5.79. The summed E-state index contributed by atoms with van der Waals surface area (Å²) < 4.78 is 30.0. The molecule has 0 heterocycles. The van der Waals surface area contributed by atoms with Crippen molar-refractivity contribution in [2.75, 3.05) is 5.75 Å². The molecule has 0 aliphatic carbocycles. The van der Waals surface area contributed by atoms with Crippen LogP contribution in [0.25, 0.3) is 0 Å². The van der Waals surface area contributed by atoms with E-state index < -0.39 is 33.8 Å². The number of rotatable bonds is 7. The average molecular weight is 315 g/mol. The first kappa shape index (κ1) is 17.1. The predicted molar refractivity (Wildman–Crippen MR) is 75.5 cm³/mol. The second kappa shape index (κ2) is 7.19. The number of carbonyl (C=O) groups excluding carboxylic acids is 1. The van der Waals surface area contributed by atoms with Crippen molar-refractivity contribution in [1.29, 1.82) is 0 Å². The zero-order chi connectivity index (χ0) is 16.0. The van der Waals surface area contributed by atoms with Gasteiger partial charge in [0.25, 0.3) is 10.1 Å². The Hall–Kier alpha value is -1.93. The third kappa shape index (κ3) is 6.37. The van der Waals surface area contributed by atoms with Crippen LogP contribution in [0.1, 0.15) is 17.5 Å². The highest BCUT2D eigenvalue weighted by Crippen LogP contribution is 2.09. The van der Waals surface area contributed by atoms with Crippen LogP contribution in [0.5, 0.6) is 0 Å². The number of nitrogens with one attached hydrogen (secondary N) is 1. The van der Waals surface area contributed by atoms with E-state index in [0.717, 1.165) is 11.1 Å².